The zero-order chi connectivity index (χ0) is 7.56. The summed E-state index contributed by atoms with van der Waals surface area (Å²) in [7, 11) is 0. The Kier molecular flexibility index (Phi) is 2.05. The lowest BCUT2D eigenvalue weighted by atomic mass is 10.1. The van der Waals surface area contributed by atoms with E-state index in [-0.39, 0.29) is 11.7 Å². The Labute approximate surface area is 60.7 Å². The van der Waals surface area contributed by atoms with Gasteiger partial charge in [-0.2, -0.15) is 0 Å². The van der Waals surface area contributed by atoms with Crippen LogP contribution in [0.1, 0.15) is 13.8 Å². The summed E-state index contributed by atoms with van der Waals surface area (Å²) >= 11 is 0. The van der Waals surface area contributed by atoms with Crippen LogP contribution in [0.5, 0.6) is 0 Å². The summed E-state index contributed by atoms with van der Waals surface area (Å²) < 4.78 is 12.6. The molecule has 0 aromatic carbocycles. The van der Waals surface area contributed by atoms with Gasteiger partial charge in [-0.15, -0.1) is 0 Å². The van der Waals surface area contributed by atoms with Crippen molar-refractivity contribution in [1.29, 1.82) is 0 Å². The second-order valence-corrected chi connectivity index (χ2v) is 2.65. The molecule has 0 fully saturated rings. The SMILES string of the molecule is CC1=CC(C)C=C(F)C=C1. The quantitative estimate of drug-likeness (QED) is 0.482. The van der Waals surface area contributed by atoms with Crippen molar-refractivity contribution in [3.63, 3.8) is 0 Å². The van der Waals surface area contributed by atoms with Crippen LogP contribution in [-0.2, 0) is 0 Å². The van der Waals surface area contributed by atoms with Crippen molar-refractivity contribution in [2.75, 3.05) is 0 Å². The largest absolute Gasteiger partial charge is 0.207 e. The van der Waals surface area contributed by atoms with Crippen LogP contribution >= 0.6 is 0 Å². The lowest BCUT2D eigenvalue weighted by Gasteiger charge is -1.95. The Hall–Kier alpha value is -0.850. The molecule has 1 heteroatoms. The Bertz CT molecular complexity index is 187. The highest BCUT2D eigenvalue weighted by Crippen LogP contribution is 2.14. The first kappa shape index (κ1) is 7.26. The number of rotatable bonds is 0. The normalized spacial score (nSPS) is 25.3. The molecule has 0 saturated heterocycles. The average molecular weight is 138 g/mol. The van der Waals surface area contributed by atoms with Crippen molar-refractivity contribution < 1.29 is 4.39 Å². The van der Waals surface area contributed by atoms with E-state index in [1.165, 1.54) is 6.08 Å². The molecular weight excluding hydrogens is 127 g/mol. The minimum atomic E-state index is -0.138. The smallest absolute Gasteiger partial charge is 0.119 e. The van der Waals surface area contributed by atoms with Gasteiger partial charge >= 0.3 is 0 Å². The fourth-order valence-corrected chi connectivity index (χ4v) is 1.04. The maximum atomic E-state index is 12.6. The molecule has 0 aromatic rings. The number of hydrogen-bond donors (Lipinski definition) is 0. The second-order valence-electron chi connectivity index (χ2n) is 2.65. The zero-order valence-corrected chi connectivity index (χ0v) is 6.26. The summed E-state index contributed by atoms with van der Waals surface area (Å²) in [5.41, 5.74) is 1.12. The van der Waals surface area contributed by atoms with Crippen molar-refractivity contribution in [2.45, 2.75) is 13.8 Å². The van der Waals surface area contributed by atoms with Gasteiger partial charge in [0.2, 0.25) is 0 Å². The third kappa shape index (κ3) is 1.83. The minimum absolute atomic E-state index is 0.138. The molecule has 0 saturated carbocycles. The van der Waals surface area contributed by atoms with Gasteiger partial charge < -0.3 is 0 Å². The molecule has 1 unspecified atom stereocenters. The fraction of sp³-hybridized carbons (Fsp3) is 0.333. The first-order valence-corrected chi connectivity index (χ1v) is 3.42. The van der Waals surface area contributed by atoms with Crippen LogP contribution in [0.25, 0.3) is 0 Å². The van der Waals surface area contributed by atoms with Gasteiger partial charge in [0.1, 0.15) is 5.83 Å². The molecule has 0 aliphatic heterocycles. The van der Waals surface area contributed by atoms with Gasteiger partial charge in [-0.3, -0.25) is 0 Å². The van der Waals surface area contributed by atoms with Gasteiger partial charge in [0.15, 0.2) is 0 Å². The van der Waals surface area contributed by atoms with E-state index < -0.39 is 0 Å². The van der Waals surface area contributed by atoms with Gasteiger partial charge in [-0.1, -0.05) is 24.6 Å². The molecule has 0 bridgehead atoms. The van der Waals surface area contributed by atoms with Gasteiger partial charge in [0, 0.05) is 0 Å². The third-order valence-electron chi connectivity index (χ3n) is 1.45. The Morgan fingerprint density at radius 1 is 1.30 bits per heavy atom. The van der Waals surface area contributed by atoms with E-state index in [9.17, 15) is 4.39 Å². The van der Waals surface area contributed by atoms with E-state index in [2.05, 4.69) is 0 Å². The molecule has 0 aromatic heterocycles. The maximum absolute atomic E-state index is 12.6. The maximum Gasteiger partial charge on any atom is 0.119 e. The van der Waals surface area contributed by atoms with E-state index >= 15 is 0 Å². The van der Waals surface area contributed by atoms with Crippen molar-refractivity contribution >= 4 is 0 Å². The second kappa shape index (κ2) is 2.82. The standard InChI is InChI=1S/C9H11F/c1-7-3-4-9(10)6-8(2)5-7/h3-6,8H,1-2H3. The zero-order valence-electron chi connectivity index (χ0n) is 6.26. The van der Waals surface area contributed by atoms with Crippen molar-refractivity contribution in [3.05, 3.63) is 35.7 Å². The average Bonchev–Trinajstić information content (AvgIpc) is 1.93. The van der Waals surface area contributed by atoms with Crippen molar-refractivity contribution in [3.8, 4) is 0 Å². The molecule has 1 atom stereocenters. The lowest BCUT2D eigenvalue weighted by Crippen LogP contribution is -1.82. The molecular formula is C9H11F. The first-order valence-electron chi connectivity index (χ1n) is 3.42. The van der Waals surface area contributed by atoms with Gasteiger partial charge in [0.25, 0.3) is 0 Å². The van der Waals surface area contributed by atoms with E-state index in [0.29, 0.717) is 0 Å². The molecule has 1 aliphatic rings. The monoisotopic (exact) mass is 138 g/mol. The molecule has 0 spiro atoms. The van der Waals surface area contributed by atoms with Crippen molar-refractivity contribution in [1.82, 2.24) is 0 Å². The van der Waals surface area contributed by atoms with E-state index in [1.54, 1.807) is 12.2 Å². The van der Waals surface area contributed by atoms with Crippen LogP contribution in [0.2, 0.25) is 0 Å². The van der Waals surface area contributed by atoms with Crippen LogP contribution in [0.4, 0.5) is 4.39 Å². The summed E-state index contributed by atoms with van der Waals surface area (Å²) in [6, 6.07) is 0. The minimum Gasteiger partial charge on any atom is -0.207 e. The van der Waals surface area contributed by atoms with Crippen LogP contribution in [0, 0.1) is 5.92 Å². The fourth-order valence-electron chi connectivity index (χ4n) is 1.04. The molecule has 10 heavy (non-hydrogen) atoms. The summed E-state index contributed by atoms with van der Waals surface area (Å²) in [5.74, 6) is 0.0793. The van der Waals surface area contributed by atoms with E-state index in [0.717, 1.165) is 5.57 Å². The van der Waals surface area contributed by atoms with E-state index in [4.69, 9.17) is 0 Å². The van der Waals surface area contributed by atoms with Crippen molar-refractivity contribution in [2.24, 2.45) is 5.92 Å². The Morgan fingerprint density at radius 3 is 2.70 bits per heavy atom. The first-order chi connectivity index (χ1) is 4.68. The molecule has 0 nitrogen and oxygen atoms in total. The summed E-state index contributed by atoms with van der Waals surface area (Å²) in [6.07, 6.45) is 6.92. The topological polar surface area (TPSA) is 0 Å². The molecule has 54 valence electrons. The van der Waals surface area contributed by atoms with Crippen LogP contribution < -0.4 is 0 Å². The highest BCUT2D eigenvalue weighted by molar-refractivity contribution is 5.29. The lowest BCUT2D eigenvalue weighted by molar-refractivity contribution is 0.654. The van der Waals surface area contributed by atoms with Crippen LogP contribution in [-0.4, -0.2) is 0 Å². The Balaban J connectivity index is 2.87. The molecule has 0 heterocycles. The van der Waals surface area contributed by atoms with E-state index in [1.807, 2.05) is 19.9 Å². The highest BCUT2D eigenvalue weighted by atomic mass is 19.1. The summed E-state index contributed by atoms with van der Waals surface area (Å²) in [4.78, 5) is 0. The van der Waals surface area contributed by atoms with Crippen LogP contribution in [0.3, 0.4) is 0 Å². The van der Waals surface area contributed by atoms with Gasteiger partial charge in [-0.25, -0.2) is 4.39 Å². The molecule has 0 amide bonds. The Morgan fingerprint density at radius 2 is 2.00 bits per heavy atom. The number of halogens is 1. The van der Waals surface area contributed by atoms with Crippen LogP contribution in [0.15, 0.2) is 35.7 Å². The number of hydrogen-bond acceptors (Lipinski definition) is 0. The third-order valence-corrected chi connectivity index (χ3v) is 1.45. The molecule has 1 aliphatic carbocycles. The van der Waals surface area contributed by atoms with Gasteiger partial charge in [0.05, 0.1) is 0 Å². The van der Waals surface area contributed by atoms with Gasteiger partial charge in [-0.05, 0) is 25.0 Å². The number of allylic oxidation sites excluding steroid dienone is 6. The molecule has 1 rings (SSSR count). The molecule has 0 radical (unpaired) electrons. The molecule has 0 N–H and O–H groups in total. The predicted molar refractivity (Wildman–Crippen MR) is 41.3 cm³/mol. The highest BCUT2D eigenvalue weighted by Gasteiger charge is 1.99. The predicted octanol–water partition coefficient (Wildman–Crippen LogP) is 2.99. The summed E-state index contributed by atoms with van der Waals surface area (Å²) in [6.45, 7) is 3.94. The summed E-state index contributed by atoms with van der Waals surface area (Å²) in [5, 5.41) is 0.